The molecule has 0 aliphatic carbocycles. The molecule has 0 aromatic heterocycles. The van der Waals surface area contributed by atoms with Crippen molar-refractivity contribution in [3.8, 4) is 0 Å². The number of fused-ring (bicyclic) bond motifs is 1. The topological polar surface area (TPSA) is 32.5 Å². The van der Waals surface area contributed by atoms with E-state index < -0.39 is 0 Å². The van der Waals surface area contributed by atoms with Gasteiger partial charge in [0.25, 0.3) is 0 Å². The Morgan fingerprint density at radius 1 is 1.38 bits per heavy atom. The van der Waals surface area contributed by atoms with Gasteiger partial charge in [-0.05, 0) is 32.9 Å². The van der Waals surface area contributed by atoms with Crippen molar-refractivity contribution in [1.82, 2.24) is 9.80 Å². The lowest BCUT2D eigenvalue weighted by atomic mass is 10.1. The second-order valence-corrected chi connectivity index (χ2v) is 4.37. The third kappa shape index (κ3) is 1.73. The molecule has 3 nitrogen and oxygen atoms in total. The van der Waals surface area contributed by atoms with Crippen LogP contribution in [0.3, 0.4) is 0 Å². The Bertz CT molecular complexity index is 172. The Balaban J connectivity index is 1.92. The minimum Gasteiger partial charge on any atom is -0.329 e. The van der Waals surface area contributed by atoms with Crippen molar-refractivity contribution in [3.05, 3.63) is 0 Å². The maximum atomic E-state index is 5.58. The first-order chi connectivity index (χ1) is 6.33. The van der Waals surface area contributed by atoms with Gasteiger partial charge in [-0.1, -0.05) is 0 Å². The average Bonchev–Trinajstić information content (AvgIpc) is 2.62. The summed E-state index contributed by atoms with van der Waals surface area (Å²) in [7, 11) is 2.22. The number of nitrogens with zero attached hydrogens (tertiary/aromatic N) is 2. The molecule has 0 aromatic rings. The smallest absolute Gasteiger partial charge is 0.0261 e. The highest BCUT2D eigenvalue weighted by molar-refractivity contribution is 4.95. The van der Waals surface area contributed by atoms with Gasteiger partial charge in [0.2, 0.25) is 0 Å². The summed E-state index contributed by atoms with van der Waals surface area (Å²) >= 11 is 0. The van der Waals surface area contributed by atoms with Crippen molar-refractivity contribution < 1.29 is 0 Å². The number of hydrogen-bond donors (Lipinski definition) is 1. The molecule has 3 heteroatoms. The fourth-order valence-corrected chi connectivity index (χ4v) is 2.94. The van der Waals surface area contributed by atoms with Crippen LogP contribution in [0.4, 0.5) is 0 Å². The first kappa shape index (κ1) is 9.44. The maximum absolute atomic E-state index is 5.58. The van der Waals surface area contributed by atoms with Crippen LogP contribution in [0, 0.1) is 0 Å². The molecule has 2 unspecified atom stereocenters. The molecule has 76 valence electrons. The lowest BCUT2D eigenvalue weighted by Crippen LogP contribution is -2.42. The lowest BCUT2D eigenvalue weighted by molar-refractivity contribution is 0.196. The Kier molecular flexibility index (Phi) is 2.86. The number of likely N-dealkylation sites (N-methyl/N-ethyl adjacent to an activating group) is 1. The maximum Gasteiger partial charge on any atom is 0.0261 e. The average molecular weight is 183 g/mol. The van der Waals surface area contributed by atoms with E-state index in [1.165, 1.54) is 32.4 Å². The van der Waals surface area contributed by atoms with Crippen molar-refractivity contribution in [2.75, 3.05) is 33.2 Å². The third-order valence-corrected chi connectivity index (χ3v) is 3.62. The second kappa shape index (κ2) is 3.95. The quantitative estimate of drug-likeness (QED) is 0.674. The molecular weight excluding hydrogens is 162 g/mol. The van der Waals surface area contributed by atoms with Crippen LogP contribution >= 0.6 is 0 Å². The van der Waals surface area contributed by atoms with Gasteiger partial charge in [0.05, 0.1) is 0 Å². The van der Waals surface area contributed by atoms with E-state index in [0.717, 1.165) is 25.2 Å². The van der Waals surface area contributed by atoms with E-state index in [2.05, 4.69) is 16.8 Å². The highest BCUT2D eigenvalue weighted by Crippen LogP contribution is 2.30. The molecule has 2 saturated heterocycles. The second-order valence-electron chi connectivity index (χ2n) is 4.37. The zero-order valence-corrected chi connectivity index (χ0v) is 8.58. The Hall–Kier alpha value is -0.120. The molecule has 0 spiro atoms. The molecule has 2 N–H and O–H groups in total. The van der Waals surface area contributed by atoms with Crippen LogP contribution in [0.2, 0.25) is 0 Å². The van der Waals surface area contributed by atoms with Gasteiger partial charge in [-0.2, -0.15) is 0 Å². The van der Waals surface area contributed by atoms with E-state index in [0.29, 0.717) is 0 Å². The van der Waals surface area contributed by atoms with Gasteiger partial charge in [0.1, 0.15) is 0 Å². The van der Waals surface area contributed by atoms with E-state index in [-0.39, 0.29) is 0 Å². The minimum atomic E-state index is 0.783. The number of nitrogens with two attached hydrogens (primary N) is 1. The van der Waals surface area contributed by atoms with Crippen LogP contribution in [0.25, 0.3) is 0 Å². The van der Waals surface area contributed by atoms with Crippen molar-refractivity contribution in [2.45, 2.75) is 31.3 Å². The van der Waals surface area contributed by atoms with Crippen molar-refractivity contribution >= 4 is 0 Å². The van der Waals surface area contributed by atoms with Gasteiger partial charge in [-0.25, -0.2) is 0 Å². The molecule has 0 radical (unpaired) electrons. The number of rotatable bonds is 3. The van der Waals surface area contributed by atoms with Crippen LogP contribution < -0.4 is 5.73 Å². The fourth-order valence-electron chi connectivity index (χ4n) is 2.94. The molecule has 2 aliphatic rings. The summed E-state index contributed by atoms with van der Waals surface area (Å²) < 4.78 is 0. The minimum absolute atomic E-state index is 0.783. The molecule has 2 atom stereocenters. The molecule has 2 heterocycles. The predicted octanol–water partition coefficient (Wildman–Crippen LogP) is 0.114. The zero-order chi connectivity index (χ0) is 9.26. The first-order valence-electron chi connectivity index (χ1n) is 5.47. The van der Waals surface area contributed by atoms with Crippen molar-refractivity contribution in [1.29, 1.82) is 0 Å². The first-order valence-corrected chi connectivity index (χ1v) is 5.47. The largest absolute Gasteiger partial charge is 0.329 e. The molecule has 0 amide bonds. The van der Waals surface area contributed by atoms with Crippen LogP contribution in [-0.2, 0) is 0 Å². The van der Waals surface area contributed by atoms with Gasteiger partial charge < -0.3 is 10.6 Å². The summed E-state index contributed by atoms with van der Waals surface area (Å²) in [5.74, 6) is 0. The molecule has 2 rings (SSSR count). The Morgan fingerprint density at radius 3 is 3.00 bits per heavy atom. The van der Waals surface area contributed by atoms with Crippen LogP contribution in [0.15, 0.2) is 0 Å². The van der Waals surface area contributed by atoms with Gasteiger partial charge in [-0.3, -0.25) is 4.90 Å². The van der Waals surface area contributed by atoms with Gasteiger partial charge in [0, 0.05) is 31.7 Å². The standard InChI is InChI=1S/C10H21N3/c1-12(8-5-11)9-4-7-13-6-2-3-10(9)13/h9-10H,2-8,11H2,1H3. The Morgan fingerprint density at radius 2 is 2.23 bits per heavy atom. The predicted molar refractivity (Wildman–Crippen MR) is 54.7 cm³/mol. The molecule has 2 aliphatic heterocycles. The summed E-state index contributed by atoms with van der Waals surface area (Å²) in [6, 6.07) is 1.63. The molecule has 0 saturated carbocycles. The highest BCUT2D eigenvalue weighted by Gasteiger charge is 2.38. The summed E-state index contributed by atoms with van der Waals surface area (Å²) in [5.41, 5.74) is 5.58. The third-order valence-electron chi connectivity index (χ3n) is 3.62. The van der Waals surface area contributed by atoms with E-state index in [9.17, 15) is 0 Å². The van der Waals surface area contributed by atoms with E-state index in [1.54, 1.807) is 0 Å². The summed E-state index contributed by atoms with van der Waals surface area (Å²) in [5, 5.41) is 0. The van der Waals surface area contributed by atoms with Crippen LogP contribution in [0.5, 0.6) is 0 Å². The van der Waals surface area contributed by atoms with Crippen LogP contribution in [-0.4, -0.2) is 55.1 Å². The summed E-state index contributed by atoms with van der Waals surface area (Å²) in [6.45, 7) is 4.48. The van der Waals surface area contributed by atoms with Crippen molar-refractivity contribution in [3.63, 3.8) is 0 Å². The van der Waals surface area contributed by atoms with Gasteiger partial charge >= 0.3 is 0 Å². The highest BCUT2D eigenvalue weighted by atomic mass is 15.3. The van der Waals surface area contributed by atoms with E-state index in [4.69, 9.17) is 5.73 Å². The normalized spacial score (nSPS) is 34.4. The van der Waals surface area contributed by atoms with Gasteiger partial charge in [0.15, 0.2) is 0 Å². The fraction of sp³-hybridized carbons (Fsp3) is 1.00. The molecule has 0 aromatic carbocycles. The number of hydrogen-bond acceptors (Lipinski definition) is 3. The zero-order valence-electron chi connectivity index (χ0n) is 8.58. The monoisotopic (exact) mass is 183 g/mol. The SMILES string of the molecule is CN(CCN)C1CCN2CCCC12. The lowest BCUT2D eigenvalue weighted by Gasteiger charge is -2.28. The van der Waals surface area contributed by atoms with E-state index in [1.807, 2.05) is 0 Å². The van der Waals surface area contributed by atoms with E-state index >= 15 is 0 Å². The summed E-state index contributed by atoms with van der Waals surface area (Å²) in [6.07, 6.45) is 4.15. The van der Waals surface area contributed by atoms with Crippen molar-refractivity contribution in [2.24, 2.45) is 5.73 Å². The molecule has 0 bridgehead atoms. The molecular formula is C10H21N3. The van der Waals surface area contributed by atoms with Crippen LogP contribution in [0.1, 0.15) is 19.3 Å². The molecule has 13 heavy (non-hydrogen) atoms. The molecule has 2 fully saturated rings. The summed E-state index contributed by atoms with van der Waals surface area (Å²) in [4.78, 5) is 5.10. The van der Waals surface area contributed by atoms with Gasteiger partial charge in [-0.15, -0.1) is 0 Å². The Labute approximate surface area is 80.9 Å².